The molecule has 6 nitrogen and oxygen atoms in total. The Morgan fingerprint density at radius 3 is 2.47 bits per heavy atom. The van der Waals surface area contributed by atoms with Crippen molar-refractivity contribution in [1.29, 1.82) is 0 Å². The van der Waals surface area contributed by atoms with E-state index in [9.17, 15) is 9.59 Å². The van der Waals surface area contributed by atoms with E-state index < -0.39 is 6.04 Å². The van der Waals surface area contributed by atoms with Gasteiger partial charge in [-0.2, -0.15) is 0 Å². The lowest BCUT2D eigenvalue weighted by Crippen LogP contribution is -2.49. The molecule has 2 N–H and O–H groups in total. The second-order valence-corrected chi connectivity index (χ2v) is 7.69. The maximum atomic E-state index is 12.8. The number of hydrogen-bond acceptors (Lipinski definition) is 4. The van der Waals surface area contributed by atoms with Crippen LogP contribution in [0.3, 0.4) is 0 Å². The van der Waals surface area contributed by atoms with Gasteiger partial charge in [-0.3, -0.25) is 14.6 Å². The summed E-state index contributed by atoms with van der Waals surface area (Å²) in [6.45, 7) is 4.80. The fraction of sp³-hybridized carbons (Fsp3) is 0.269. The van der Waals surface area contributed by atoms with E-state index in [0.29, 0.717) is 25.1 Å². The van der Waals surface area contributed by atoms with Crippen molar-refractivity contribution >= 4 is 11.8 Å². The van der Waals surface area contributed by atoms with Crippen molar-refractivity contribution in [2.45, 2.75) is 32.9 Å². The van der Waals surface area contributed by atoms with Crippen molar-refractivity contribution in [3.63, 3.8) is 0 Å². The molecule has 0 aliphatic carbocycles. The molecule has 0 radical (unpaired) electrons. The maximum absolute atomic E-state index is 12.8. The van der Waals surface area contributed by atoms with E-state index in [1.165, 1.54) is 0 Å². The fourth-order valence-electron chi connectivity index (χ4n) is 3.16. The molecule has 2 aromatic carbocycles. The van der Waals surface area contributed by atoms with E-state index in [0.717, 1.165) is 22.4 Å². The van der Waals surface area contributed by atoms with E-state index in [4.69, 9.17) is 4.74 Å². The van der Waals surface area contributed by atoms with Crippen LogP contribution >= 0.6 is 0 Å². The van der Waals surface area contributed by atoms with Gasteiger partial charge in [0, 0.05) is 30.4 Å². The molecule has 0 saturated carbocycles. The van der Waals surface area contributed by atoms with E-state index in [1.54, 1.807) is 12.3 Å². The van der Waals surface area contributed by atoms with Crippen LogP contribution in [-0.4, -0.2) is 36.0 Å². The van der Waals surface area contributed by atoms with Gasteiger partial charge < -0.3 is 15.4 Å². The number of rotatable bonds is 10. The van der Waals surface area contributed by atoms with Crippen LogP contribution in [0, 0.1) is 13.8 Å². The summed E-state index contributed by atoms with van der Waals surface area (Å²) in [5.74, 6) is -0.590. The van der Waals surface area contributed by atoms with Crippen LogP contribution in [0.2, 0.25) is 0 Å². The van der Waals surface area contributed by atoms with Crippen molar-refractivity contribution in [3.8, 4) is 0 Å². The molecular formula is C26H29N3O3. The van der Waals surface area contributed by atoms with Crippen molar-refractivity contribution in [2.75, 3.05) is 13.2 Å². The van der Waals surface area contributed by atoms with Crippen LogP contribution < -0.4 is 10.6 Å². The smallest absolute Gasteiger partial charge is 0.252 e. The molecule has 1 heterocycles. The molecule has 32 heavy (non-hydrogen) atoms. The number of ether oxygens (including phenoxy) is 1. The van der Waals surface area contributed by atoms with Crippen molar-refractivity contribution in [3.05, 3.63) is 101 Å². The van der Waals surface area contributed by atoms with Gasteiger partial charge in [-0.05, 0) is 54.8 Å². The molecular weight excluding hydrogens is 402 g/mol. The van der Waals surface area contributed by atoms with Crippen LogP contribution in [0.4, 0.5) is 0 Å². The number of aryl methyl sites for hydroxylation is 2. The van der Waals surface area contributed by atoms with E-state index >= 15 is 0 Å². The Morgan fingerprint density at radius 1 is 0.969 bits per heavy atom. The lowest BCUT2D eigenvalue weighted by Gasteiger charge is -2.19. The number of pyridine rings is 1. The van der Waals surface area contributed by atoms with E-state index in [-0.39, 0.29) is 18.4 Å². The molecule has 3 aromatic rings. The first kappa shape index (κ1) is 23.2. The first-order chi connectivity index (χ1) is 15.5. The summed E-state index contributed by atoms with van der Waals surface area (Å²) >= 11 is 0. The summed E-state index contributed by atoms with van der Waals surface area (Å²) in [6.07, 6.45) is 2.33. The average Bonchev–Trinajstić information content (AvgIpc) is 2.81. The number of carbonyl (C=O) groups is 2. The molecule has 3 rings (SSSR count). The number of hydrogen-bond donors (Lipinski definition) is 2. The minimum absolute atomic E-state index is 0.0703. The Bertz CT molecular complexity index is 1020. The highest BCUT2D eigenvalue weighted by Gasteiger charge is 2.22. The highest BCUT2D eigenvalue weighted by molar-refractivity contribution is 5.97. The van der Waals surface area contributed by atoms with Gasteiger partial charge >= 0.3 is 0 Å². The molecule has 166 valence electrons. The average molecular weight is 432 g/mol. The minimum Gasteiger partial charge on any atom is -0.374 e. The summed E-state index contributed by atoms with van der Waals surface area (Å²) in [7, 11) is 0. The third-order valence-electron chi connectivity index (χ3n) is 5.19. The second-order valence-electron chi connectivity index (χ2n) is 7.69. The van der Waals surface area contributed by atoms with Gasteiger partial charge in [-0.1, -0.05) is 42.5 Å². The standard InChI is InChI=1S/C26H29N3O3/c1-19-11-12-22(16-20(19)2)25(30)29-24(18-32-17-21-8-4-3-5-9-21)26(31)28-15-13-23-10-6-7-14-27-23/h3-12,14,16,24H,13,15,17-18H2,1-2H3,(H,28,31)(H,29,30)/t24-/m1/s1. The molecule has 0 aliphatic rings. The first-order valence-corrected chi connectivity index (χ1v) is 10.7. The third kappa shape index (κ3) is 7.03. The Hall–Kier alpha value is -3.51. The Morgan fingerprint density at radius 2 is 1.75 bits per heavy atom. The topological polar surface area (TPSA) is 80.3 Å². The molecule has 0 spiro atoms. The normalized spacial score (nSPS) is 11.6. The first-order valence-electron chi connectivity index (χ1n) is 10.7. The van der Waals surface area contributed by atoms with Crippen LogP contribution in [-0.2, 0) is 22.6 Å². The van der Waals surface area contributed by atoms with Crippen molar-refractivity contribution in [1.82, 2.24) is 15.6 Å². The van der Waals surface area contributed by atoms with Gasteiger partial charge in [0.15, 0.2) is 0 Å². The van der Waals surface area contributed by atoms with Crippen LogP contribution in [0.5, 0.6) is 0 Å². The fourth-order valence-corrected chi connectivity index (χ4v) is 3.16. The predicted octanol–water partition coefficient (Wildman–Crippen LogP) is 3.37. The highest BCUT2D eigenvalue weighted by Crippen LogP contribution is 2.10. The molecule has 0 bridgehead atoms. The Balaban J connectivity index is 1.61. The molecule has 0 unspecified atom stereocenters. The van der Waals surface area contributed by atoms with Crippen molar-refractivity contribution in [2.24, 2.45) is 0 Å². The number of aromatic nitrogens is 1. The Labute approximate surface area is 189 Å². The summed E-state index contributed by atoms with van der Waals surface area (Å²) in [5, 5.41) is 5.71. The monoisotopic (exact) mass is 431 g/mol. The summed E-state index contributed by atoms with van der Waals surface area (Å²) < 4.78 is 5.76. The summed E-state index contributed by atoms with van der Waals surface area (Å²) in [4.78, 5) is 29.9. The number of nitrogens with one attached hydrogen (secondary N) is 2. The van der Waals surface area contributed by atoms with Gasteiger partial charge in [0.05, 0.1) is 13.2 Å². The molecule has 0 aliphatic heterocycles. The zero-order valence-electron chi connectivity index (χ0n) is 18.5. The maximum Gasteiger partial charge on any atom is 0.252 e. The van der Waals surface area contributed by atoms with Crippen LogP contribution in [0.25, 0.3) is 0 Å². The molecule has 0 saturated heterocycles. The summed E-state index contributed by atoms with van der Waals surface area (Å²) in [6, 6.07) is 20.1. The second kappa shape index (κ2) is 11.8. The molecule has 0 fully saturated rings. The van der Waals surface area contributed by atoms with Gasteiger partial charge in [-0.25, -0.2) is 0 Å². The predicted molar refractivity (Wildman–Crippen MR) is 124 cm³/mol. The van der Waals surface area contributed by atoms with Gasteiger partial charge in [-0.15, -0.1) is 0 Å². The molecule has 1 atom stereocenters. The number of amides is 2. The number of nitrogens with zero attached hydrogens (tertiary/aromatic N) is 1. The SMILES string of the molecule is Cc1ccc(C(=O)N[C@H](COCc2ccccc2)C(=O)NCCc2ccccn2)cc1C. The van der Waals surface area contributed by atoms with E-state index in [1.807, 2.05) is 74.5 Å². The molecule has 6 heteroatoms. The quantitative estimate of drug-likeness (QED) is 0.516. The number of carbonyl (C=O) groups excluding carboxylic acids is 2. The zero-order chi connectivity index (χ0) is 22.8. The van der Waals surface area contributed by atoms with Crippen molar-refractivity contribution < 1.29 is 14.3 Å². The van der Waals surface area contributed by atoms with E-state index in [2.05, 4.69) is 15.6 Å². The van der Waals surface area contributed by atoms with Gasteiger partial charge in [0.25, 0.3) is 5.91 Å². The Kier molecular flexibility index (Phi) is 8.52. The molecule has 1 aromatic heterocycles. The van der Waals surface area contributed by atoms with Gasteiger partial charge in [0.2, 0.25) is 5.91 Å². The summed E-state index contributed by atoms with van der Waals surface area (Å²) in [5.41, 5.74) is 4.54. The van der Waals surface area contributed by atoms with Gasteiger partial charge in [0.1, 0.15) is 6.04 Å². The molecule has 2 amide bonds. The largest absolute Gasteiger partial charge is 0.374 e. The van der Waals surface area contributed by atoms with Crippen LogP contribution in [0.1, 0.15) is 32.7 Å². The minimum atomic E-state index is -0.809. The lowest BCUT2D eigenvalue weighted by atomic mass is 10.1. The third-order valence-corrected chi connectivity index (χ3v) is 5.19. The number of benzene rings is 2. The highest BCUT2D eigenvalue weighted by atomic mass is 16.5. The lowest BCUT2D eigenvalue weighted by molar-refractivity contribution is -0.124. The zero-order valence-corrected chi connectivity index (χ0v) is 18.5. The van der Waals surface area contributed by atoms with Crippen LogP contribution in [0.15, 0.2) is 72.9 Å².